The summed E-state index contributed by atoms with van der Waals surface area (Å²) in [5, 5.41) is 0. The van der Waals surface area contributed by atoms with Crippen LogP contribution >= 0.6 is 0 Å². The number of pyridine rings is 1. The maximum absolute atomic E-state index is 12.3. The summed E-state index contributed by atoms with van der Waals surface area (Å²) in [6.07, 6.45) is 10.0. The summed E-state index contributed by atoms with van der Waals surface area (Å²) in [7, 11) is 1.68. The van der Waals surface area contributed by atoms with E-state index in [0.717, 1.165) is 61.5 Å². The van der Waals surface area contributed by atoms with E-state index in [1.165, 1.54) is 0 Å². The van der Waals surface area contributed by atoms with Gasteiger partial charge < -0.3 is 9.72 Å². The topological polar surface area (TPSA) is 96.9 Å². The molecule has 1 aliphatic heterocycles. The summed E-state index contributed by atoms with van der Waals surface area (Å²) in [5.74, 6) is 1.59. The lowest BCUT2D eigenvalue weighted by atomic mass is 9.94. The molecule has 0 saturated carbocycles. The fourth-order valence-electron chi connectivity index (χ4n) is 3.81. The third-order valence-corrected chi connectivity index (χ3v) is 5.32. The molecule has 0 radical (unpaired) electrons. The first kappa shape index (κ1) is 20.3. The molecule has 0 aliphatic carbocycles. The Hall–Kier alpha value is -2.97. The van der Waals surface area contributed by atoms with Crippen LogP contribution in [0.4, 0.5) is 0 Å². The number of hydrogen-bond donors (Lipinski definition) is 1. The molecule has 156 valence electrons. The molecule has 0 aromatic carbocycles. The van der Waals surface area contributed by atoms with E-state index in [-0.39, 0.29) is 11.5 Å². The van der Waals surface area contributed by atoms with Crippen LogP contribution in [-0.2, 0) is 17.7 Å². The molecule has 0 bridgehead atoms. The van der Waals surface area contributed by atoms with Gasteiger partial charge in [-0.05, 0) is 31.5 Å². The first-order valence-corrected chi connectivity index (χ1v) is 10.2. The highest BCUT2D eigenvalue weighted by Crippen LogP contribution is 2.27. The highest BCUT2D eigenvalue weighted by molar-refractivity contribution is 5.52. The van der Waals surface area contributed by atoms with E-state index in [1.54, 1.807) is 25.6 Å². The minimum absolute atomic E-state index is 0.129. The van der Waals surface area contributed by atoms with Crippen LogP contribution in [0.1, 0.15) is 35.8 Å². The van der Waals surface area contributed by atoms with Crippen LogP contribution in [0.2, 0.25) is 0 Å². The Bertz CT molecular complexity index is 1010. The summed E-state index contributed by atoms with van der Waals surface area (Å²) >= 11 is 0. The normalized spacial score (nSPS) is 17.2. The summed E-state index contributed by atoms with van der Waals surface area (Å²) in [6.45, 7) is 3.28. The Morgan fingerprint density at radius 2 is 2.13 bits per heavy atom. The van der Waals surface area contributed by atoms with Crippen molar-refractivity contribution in [2.45, 2.75) is 31.7 Å². The summed E-state index contributed by atoms with van der Waals surface area (Å²) < 4.78 is 5.07. The second kappa shape index (κ2) is 9.69. The van der Waals surface area contributed by atoms with Gasteiger partial charge >= 0.3 is 0 Å². The van der Waals surface area contributed by atoms with E-state index in [0.29, 0.717) is 12.4 Å². The smallest absolute Gasteiger partial charge is 0.251 e. The minimum Gasteiger partial charge on any atom is -0.384 e. The van der Waals surface area contributed by atoms with Crippen molar-refractivity contribution in [2.24, 2.45) is 0 Å². The fourth-order valence-corrected chi connectivity index (χ4v) is 3.81. The van der Waals surface area contributed by atoms with E-state index < -0.39 is 0 Å². The van der Waals surface area contributed by atoms with Crippen molar-refractivity contribution in [1.29, 1.82) is 0 Å². The Labute approximate surface area is 175 Å². The molecule has 1 atom stereocenters. The molecule has 0 amide bonds. The monoisotopic (exact) mass is 406 g/mol. The molecule has 1 saturated heterocycles. The van der Waals surface area contributed by atoms with Crippen LogP contribution in [-0.4, -0.2) is 56.6 Å². The van der Waals surface area contributed by atoms with Gasteiger partial charge in [-0.25, -0.2) is 15.0 Å². The quantitative estimate of drug-likeness (QED) is 0.642. The van der Waals surface area contributed by atoms with Gasteiger partial charge in [0.05, 0.1) is 12.3 Å². The zero-order valence-corrected chi connectivity index (χ0v) is 17.1. The highest BCUT2D eigenvalue weighted by Gasteiger charge is 2.23. The lowest BCUT2D eigenvalue weighted by molar-refractivity contribution is 0.197. The second-order valence-electron chi connectivity index (χ2n) is 7.59. The molecule has 1 fully saturated rings. The maximum atomic E-state index is 12.3. The van der Waals surface area contributed by atoms with Crippen molar-refractivity contribution >= 4 is 0 Å². The van der Waals surface area contributed by atoms with Gasteiger partial charge in [0.2, 0.25) is 0 Å². The molecule has 0 spiro atoms. The molecular weight excluding hydrogens is 380 g/mol. The van der Waals surface area contributed by atoms with E-state index in [1.807, 2.05) is 24.5 Å². The van der Waals surface area contributed by atoms with Crippen molar-refractivity contribution in [3.05, 3.63) is 70.4 Å². The van der Waals surface area contributed by atoms with Crippen LogP contribution < -0.4 is 5.56 Å². The number of ether oxygens (including phenoxy) is 1. The number of nitrogens with zero attached hydrogens (tertiary/aromatic N) is 5. The zero-order valence-electron chi connectivity index (χ0n) is 17.1. The summed E-state index contributed by atoms with van der Waals surface area (Å²) in [6, 6.07) is 5.37. The van der Waals surface area contributed by atoms with Gasteiger partial charge in [-0.15, -0.1) is 0 Å². The molecule has 4 heterocycles. The molecular formula is C22H26N6O2. The zero-order chi connectivity index (χ0) is 20.8. The lowest BCUT2D eigenvalue weighted by Crippen LogP contribution is -2.34. The van der Waals surface area contributed by atoms with Crippen LogP contribution in [0.5, 0.6) is 0 Å². The van der Waals surface area contributed by atoms with Crippen LogP contribution in [0, 0.1) is 0 Å². The summed E-state index contributed by atoms with van der Waals surface area (Å²) in [5.41, 5.74) is 2.62. The van der Waals surface area contributed by atoms with Gasteiger partial charge in [0.25, 0.3) is 5.56 Å². The number of H-pyrrole nitrogens is 1. The molecule has 4 rings (SSSR count). The van der Waals surface area contributed by atoms with Crippen molar-refractivity contribution in [3.8, 4) is 11.4 Å². The van der Waals surface area contributed by atoms with Crippen LogP contribution in [0.15, 0.2) is 47.8 Å². The standard InChI is InChI=1S/C22H26N6O2/c1-30-9-6-20-24-11-16(12-25-20)14-28-8-3-5-18(15-28)19-10-21(29)27-22(26-19)17-4-2-7-23-13-17/h2,4,7,10-13,18H,3,5-6,8-9,14-15H2,1H3,(H,26,27,29). The first-order chi connectivity index (χ1) is 14.7. The number of piperidine rings is 1. The van der Waals surface area contributed by atoms with Crippen molar-refractivity contribution in [1.82, 2.24) is 29.8 Å². The molecule has 1 unspecified atom stereocenters. The van der Waals surface area contributed by atoms with Crippen molar-refractivity contribution in [3.63, 3.8) is 0 Å². The number of likely N-dealkylation sites (tertiary alicyclic amines) is 1. The van der Waals surface area contributed by atoms with E-state index in [4.69, 9.17) is 9.72 Å². The Kier molecular flexibility index (Phi) is 6.56. The second-order valence-corrected chi connectivity index (χ2v) is 7.59. The average molecular weight is 406 g/mol. The van der Waals surface area contributed by atoms with Gasteiger partial charge in [-0.3, -0.25) is 14.7 Å². The molecule has 3 aromatic rings. The molecule has 8 heteroatoms. The number of rotatable bonds is 7. The Morgan fingerprint density at radius 3 is 2.90 bits per heavy atom. The number of nitrogens with one attached hydrogen (secondary N) is 1. The van der Waals surface area contributed by atoms with Crippen molar-refractivity contribution < 1.29 is 4.74 Å². The third-order valence-electron chi connectivity index (χ3n) is 5.32. The fraction of sp³-hybridized carbons (Fsp3) is 0.409. The molecule has 30 heavy (non-hydrogen) atoms. The van der Waals surface area contributed by atoms with Crippen LogP contribution in [0.25, 0.3) is 11.4 Å². The number of aromatic amines is 1. The lowest BCUT2D eigenvalue weighted by Gasteiger charge is -2.32. The maximum Gasteiger partial charge on any atom is 0.251 e. The van der Waals surface area contributed by atoms with E-state index in [2.05, 4.69) is 24.8 Å². The third kappa shape index (κ3) is 5.14. The van der Waals surface area contributed by atoms with Gasteiger partial charge in [0, 0.05) is 74.5 Å². The average Bonchev–Trinajstić information content (AvgIpc) is 2.79. The van der Waals surface area contributed by atoms with E-state index in [9.17, 15) is 4.79 Å². The van der Waals surface area contributed by atoms with Gasteiger partial charge in [-0.2, -0.15) is 0 Å². The SMILES string of the molecule is COCCc1ncc(CN2CCCC(c3cc(=O)[nH]c(-c4cccnc4)n3)C2)cn1. The predicted molar refractivity (Wildman–Crippen MR) is 113 cm³/mol. The Balaban J connectivity index is 1.45. The number of aromatic nitrogens is 5. The molecule has 3 aromatic heterocycles. The largest absolute Gasteiger partial charge is 0.384 e. The predicted octanol–water partition coefficient (Wildman–Crippen LogP) is 2.19. The molecule has 8 nitrogen and oxygen atoms in total. The van der Waals surface area contributed by atoms with Crippen molar-refractivity contribution in [2.75, 3.05) is 26.8 Å². The molecule has 1 N–H and O–H groups in total. The molecule has 1 aliphatic rings. The number of hydrogen-bond acceptors (Lipinski definition) is 7. The van der Waals surface area contributed by atoms with Crippen LogP contribution in [0.3, 0.4) is 0 Å². The highest BCUT2D eigenvalue weighted by atomic mass is 16.5. The summed E-state index contributed by atoms with van der Waals surface area (Å²) in [4.78, 5) is 35.2. The van der Waals surface area contributed by atoms with Gasteiger partial charge in [0.1, 0.15) is 11.6 Å². The van der Waals surface area contributed by atoms with E-state index >= 15 is 0 Å². The van der Waals surface area contributed by atoms with Gasteiger partial charge in [-0.1, -0.05) is 0 Å². The first-order valence-electron chi connectivity index (χ1n) is 10.2. The Morgan fingerprint density at radius 1 is 1.27 bits per heavy atom. The number of methoxy groups -OCH3 is 1. The minimum atomic E-state index is -0.129. The van der Waals surface area contributed by atoms with Gasteiger partial charge in [0.15, 0.2) is 0 Å².